The normalized spacial score (nSPS) is 14.5. The topological polar surface area (TPSA) is 78.7 Å². The maximum atomic E-state index is 12.8. The summed E-state index contributed by atoms with van der Waals surface area (Å²) >= 11 is 2.75. The van der Waals surface area contributed by atoms with Gasteiger partial charge in [0.2, 0.25) is 5.91 Å². The van der Waals surface area contributed by atoms with Gasteiger partial charge < -0.3 is 5.32 Å². The molecule has 0 bridgehead atoms. The van der Waals surface area contributed by atoms with Crippen molar-refractivity contribution in [1.82, 2.24) is 9.97 Å². The average molecular weight is 463 g/mol. The minimum atomic E-state index is -0.395. The van der Waals surface area contributed by atoms with Gasteiger partial charge in [-0.1, -0.05) is 54.4 Å². The summed E-state index contributed by atoms with van der Waals surface area (Å²) in [5, 5.41) is 15.3. The SMILES string of the molecule is Cc1ccc(-c2csc(NC(=O)C(C)Sc3nc4c(cc3C#N)CCCCCC4)n2)cc1. The number of pyridine rings is 1. The highest BCUT2D eigenvalue weighted by molar-refractivity contribution is 8.00. The lowest BCUT2D eigenvalue weighted by atomic mass is 9.96. The Hall–Kier alpha value is -2.69. The fraction of sp³-hybridized carbons (Fsp3) is 0.360. The fourth-order valence-corrected chi connectivity index (χ4v) is 5.37. The van der Waals surface area contributed by atoms with Crippen LogP contribution in [0.4, 0.5) is 5.13 Å². The second-order valence-electron chi connectivity index (χ2n) is 8.13. The molecule has 0 saturated carbocycles. The quantitative estimate of drug-likeness (QED) is 0.459. The molecule has 164 valence electrons. The highest BCUT2D eigenvalue weighted by Gasteiger charge is 2.21. The number of hydrogen-bond acceptors (Lipinski definition) is 6. The number of rotatable bonds is 5. The number of carbonyl (C=O) groups is 1. The third-order valence-electron chi connectivity index (χ3n) is 5.63. The van der Waals surface area contributed by atoms with E-state index in [1.165, 1.54) is 47.1 Å². The lowest BCUT2D eigenvalue weighted by molar-refractivity contribution is -0.115. The van der Waals surface area contributed by atoms with Crippen molar-refractivity contribution in [3.63, 3.8) is 0 Å². The zero-order chi connectivity index (χ0) is 22.5. The van der Waals surface area contributed by atoms with Gasteiger partial charge in [0.25, 0.3) is 0 Å². The number of hydrogen-bond donors (Lipinski definition) is 1. The van der Waals surface area contributed by atoms with E-state index in [4.69, 9.17) is 4.98 Å². The Labute approximate surface area is 197 Å². The van der Waals surface area contributed by atoms with Crippen molar-refractivity contribution in [3.8, 4) is 17.3 Å². The van der Waals surface area contributed by atoms with Gasteiger partial charge in [0, 0.05) is 16.6 Å². The molecule has 0 aliphatic heterocycles. The molecule has 1 aliphatic carbocycles. The van der Waals surface area contributed by atoms with Gasteiger partial charge in [-0.25, -0.2) is 9.97 Å². The molecular weight excluding hydrogens is 436 g/mol. The molecule has 2 aromatic heterocycles. The molecule has 2 heterocycles. The van der Waals surface area contributed by atoms with Crippen molar-refractivity contribution >= 4 is 34.1 Å². The molecule has 1 atom stereocenters. The zero-order valence-electron chi connectivity index (χ0n) is 18.4. The van der Waals surface area contributed by atoms with Crippen LogP contribution >= 0.6 is 23.1 Å². The van der Waals surface area contributed by atoms with Crippen LogP contribution in [0.15, 0.2) is 40.7 Å². The Morgan fingerprint density at radius 1 is 1.16 bits per heavy atom. The number of aromatic nitrogens is 2. The van der Waals surface area contributed by atoms with Crippen LogP contribution in [0.2, 0.25) is 0 Å². The molecule has 32 heavy (non-hydrogen) atoms. The van der Waals surface area contributed by atoms with Crippen molar-refractivity contribution in [2.45, 2.75) is 62.6 Å². The summed E-state index contributed by atoms with van der Waals surface area (Å²) in [6.07, 6.45) is 6.64. The number of amides is 1. The van der Waals surface area contributed by atoms with Crippen molar-refractivity contribution in [2.75, 3.05) is 5.32 Å². The van der Waals surface area contributed by atoms with Gasteiger partial charge in [0.1, 0.15) is 11.1 Å². The Bertz CT molecular complexity index is 1150. The molecule has 0 saturated heterocycles. The summed E-state index contributed by atoms with van der Waals surface area (Å²) in [7, 11) is 0. The van der Waals surface area contributed by atoms with E-state index in [9.17, 15) is 10.1 Å². The molecule has 1 unspecified atom stereocenters. The third-order valence-corrected chi connectivity index (χ3v) is 7.49. The fourth-order valence-electron chi connectivity index (χ4n) is 3.75. The van der Waals surface area contributed by atoms with Gasteiger partial charge in [-0.2, -0.15) is 5.26 Å². The van der Waals surface area contributed by atoms with Crippen LogP contribution in [-0.4, -0.2) is 21.1 Å². The predicted molar refractivity (Wildman–Crippen MR) is 131 cm³/mol. The number of anilines is 1. The molecule has 7 heteroatoms. The predicted octanol–water partition coefficient (Wildman–Crippen LogP) is 6.16. The largest absolute Gasteiger partial charge is 0.301 e. The molecule has 0 fully saturated rings. The van der Waals surface area contributed by atoms with Crippen molar-refractivity contribution in [2.24, 2.45) is 0 Å². The first-order valence-electron chi connectivity index (χ1n) is 11.0. The van der Waals surface area contributed by atoms with Crippen LogP contribution in [0.3, 0.4) is 0 Å². The second-order valence-corrected chi connectivity index (χ2v) is 10.3. The molecule has 1 amide bonds. The number of carbonyl (C=O) groups excluding carboxylic acids is 1. The number of aryl methyl sites for hydroxylation is 3. The van der Waals surface area contributed by atoms with Crippen LogP contribution in [0.5, 0.6) is 0 Å². The number of thioether (sulfide) groups is 1. The second kappa shape index (κ2) is 10.3. The van der Waals surface area contributed by atoms with Gasteiger partial charge in [-0.05, 0) is 51.2 Å². The first-order chi connectivity index (χ1) is 15.5. The first kappa shape index (κ1) is 22.5. The summed E-state index contributed by atoms with van der Waals surface area (Å²) in [6.45, 7) is 3.89. The molecular formula is C25H26N4OS2. The number of fused-ring (bicyclic) bond motifs is 1. The molecule has 1 aliphatic rings. The van der Waals surface area contributed by atoms with Gasteiger partial charge in [0.15, 0.2) is 5.13 Å². The molecule has 4 rings (SSSR count). The highest BCUT2D eigenvalue weighted by Crippen LogP contribution is 2.30. The molecule has 0 radical (unpaired) electrons. The van der Waals surface area contributed by atoms with Crippen LogP contribution in [0.25, 0.3) is 11.3 Å². The third kappa shape index (κ3) is 5.37. The van der Waals surface area contributed by atoms with Crippen LogP contribution in [0.1, 0.15) is 55.0 Å². The van der Waals surface area contributed by atoms with E-state index in [0.717, 1.165) is 42.6 Å². The Morgan fingerprint density at radius 3 is 2.66 bits per heavy atom. The first-order valence-corrected chi connectivity index (χ1v) is 12.7. The zero-order valence-corrected chi connectivity index (χ0v) is 20.0. The van der Waals surface area contributed by atoms with E-state index < -0.39 is 5.25 Å². The number of thiazole rings is 1. The summed E-state index contributed by atoms with van der Waals surface area (Å²) < 4.78 is 0. The molecule has 1 N–H and O–H groups in total. The van der Waals surface area contributed by atoms with Crippen molar-refractivity contribution < 1.29 is 4.79 Å². The van der Waals surface area contributed by atoms with Gasteiger partial charge in [0.05, 0.1) is 16.5 Å². The maximum absolute atomic E-state index is 12.8. The van der Waals surface area contributed by atoms with E-state index in [1.807, 2.05) is 49.6 Å². The summed E-state index contributed by atoms with van der Waals surface area (Å²) in [4.78, 5) is 22.2. The van der Waals surface area contributed by atoms with Gasteiger partial charge in [-0.3, -0.25) is 4.79 Å². The van der Waals surface area contributed by atoms with E-state index in [0.29, 0.717) is 15.7 Å². The minimum Gasteiger partial charge on any atom is -0.301 e. The Morgan fingerprint density at radius 2 is 1.91 bits per heavy atom. The van der Waals surface area contributed by atoms with Crippen LogP contribution < -0.4 is 5.32 Å². The maximum Gasteiger partial charge on any atom is 0.239 e. The van der Waals surface area contributed by atoms with Crippen molar-refractivity contribution in [3.05, 3.63) is 58.1 Å². The van der Waals surface area contributed by atoms with Crippen LogP contribution in [-0.2, 0) is 17.6 Å². The summed E-state index contributed by atoms with van der Waals surface area (Å²) in [5.41, 5.74) is 5.90. The molecule has 0 spiro atoms. The van der Waals surface area contributed by atoms with E-state index >= 15 is 0 Å². The lowest BCUT2D eigenvalue weighted by Crippen LogP contribution is -2.22. The molecule has 1 aromatic carbocycles. The molecule has 3 aromatic rings. The smallest absolute Gasteiger partial charge is 0.239 e. The number of nitrogens with zero attached hydrogens (tertiary/aromatic N) is 3. The molecule has 5 nitrogen and oxygen atoms in total. The monoisotopic (exact) mass is 462 g/mol. The minimum absolute atomic E-state index is 0.141. The van der Waals surface area contributed by atoms with E-state index in [-0.39, 0.29) is 5.91 Å². The standard InChI is InChI=1S/C25H26N4OS2/c1-16-9-11-18(12-10-16)22-15-31-25(28-22)29-23(30)17(2)32-24-20(14-26)13-19-7-5-3-4-6-8-21(19)27-24/h9-13,15,17H,3-8H2,1-2H3,(H,28,29,30). The average Bonchev–Trinajstić information content (AvgIpc) is 3.23. The van der Waals surface area contributed by atoms with Gasteiger partial charge in [-0.15, -0.1) is 11.3 Å². The number of nitrogens with one attached hydrogen (secondary N) is 1. The Balaban J connectivity index is 1.45. The van der Waals surface area contributed by atoms with Crippen molar-refractivity contribution in [1.29, 1.82) is 5.26 Å². The summed E-state index contributed by atoms with van der Waals surface area (Å²) in [5.74, 6) is -0.141. The van der Waals surface area contributed by atoms with E-state index in [1.54, 1.807) is 0 Å². The summed E-state index contributed by atoms with van der Waals surface area (Å²) in [6, 6.07) is 12.4. The van der Waals surface area contributed by atoms with Gasteiger partial charge >= 0.3 is 0 Å². The number of nitriles is 1. The highest BCUT2D eigenvalue weighted by atomic mass is 32.2. The van der Waals surface area contributed by atoms with Crippen LogP contribution in [0, 0.1) is 18.3 Å². The Kier molecular flexibility index (Phi) is 7.23. The van der Waals surface area contributed by atoms with E-state index in [2.05, 4.69) is 16.4 Å². The number of benzene rings is 1. The lowest BCUT2D eigenvalue weighted by Gasteiger charge is -2.16.